The zero-order chi connectivity index (χ0) is 11.2. The van der Waals surface area contributed by atoms with Crippen molar-refractivity contribution in [2.75, 3.05) is 0 Å². The predicted molar refractivity (Wildman–Crippen MR) is 64.4 cm³/mol. The molecule has 2 heteroatoms. The highest BCUT2D eigenvalue weighted by atomic mass is 16.3. The number of aliphatic hydroxyl groups is 1. The number of hydrogen-bond donors (Lipinski definition) is 1. The lowest BCUT2D eigenvalue weighted by Gasteiger charge is -2.09. The molecule has 0 atom stereocenters. The van der Waals surface area contributed by atoms with Crippen molar-refractivity contribution in [2.24, 2.45) is 0 Å². The van der Waals surface area contributed by atoms with Crippen LogP contribution in [0.4, 0.5) is 0 Å². The van der Waals surface area contributed by atoms with Crippen LogP contribution in [0.15, 0.2) is 30.6 Å². The Morgan fingerprint density at radius 3 is 2.88 bits per heavy atom. The number of nitrogens with zero attached hydrogens (tertiary/aromatic N) is 1. The van der Waals surface area contributed by atoms with E-state index in [1.54, 1.807) is 0 Å². The monoisotopic (exact) mass is 213 g/mol. The molecular weight excluding hydrogens is 198 g/mol. The molecule has 0 radical (unpaired) electrons. The fraction of sp³-hybridized carbons (Fsp3) is 0.357. The average Bonchev–Trinajstić information content (AvgIpc) is 2.96. The van der Waals surface area contributed by atoms with Gasteiger partial charge in [-0.15, -0.1) is 0 Å². The summed E-state index contributed by atoms with van der Waals surface area (Å²) < 4.78 is 0. The van der Waals surface area contributed by atoms with Gasteiger partial charge in [0.15, 0.2) is 0 Å². The van der Waals surface area contributed by atoms with Crippen LogP contribution in [0.2, 0.25) is 0 Å². The van der Waals surface area contributed by atoms with Crippen molar-refractivity contribution in [2.45, 2.75) is 31.8 Å². The Kier molecular flexibility index (Phi) is 2.01. The van der Waals surface area contributed by atoms with Gasteiger partial charge >= 0.3 is 0 Å². The van der Waals surface area contributed by atoms with E-state index in [1.807, 2.05) is 12.4 Å². The molecular formula is C14H15NO. The summed E-state index contributed by atoms with van der Waals surface area (Å²) in [5.74, 6) is 0. The number of rotatable bonds is 2. The number of aryl methyl sites for hydroxylation is 1. The molecule has 0 spiro atoms. The number of benzene rings is 1. The van der Waals surface area contributed by atoms with Crippen molar-refractivity contribution in [3.05, 3.63) is 41.7 Å². The second-order valence-corrected chi connectivity index (χ2v) is 4.91. The zero-order valence-electron chi connectivity index (χ0n) is 9.40. The number of fused-ring (bicyclic) bond motifs is 1. The van der Waals surface area contributed by atoms with Crippen molar-refractivity contribution in [3.63, 3.8) is 0 Å². The van der Waals surface area contributed by atoms with Gasteiger partial charge in [0, 0.05) is 24.2 Å². The third kappa shape index (κ3) is 1.69. The molecule has 1 heterocycles. The lowest BCUT2D eigenvalue weighted by molar-refractivity contribution is 0.151. The molecule has 0 amide bonds. The van der Waals surface area contributed by atoms with Gasteiger partial charge in [0.05, 0.1) is 5.60 Å². The summed E-state index contributed by atoms with van der Waals surface area (Å²) in [5, 5.41) is 12.3. The molecule has 1 N–H and O–H groups in total. The van der Waals surface area contributed by atoms with Crippen molar-refractivity contribution >= 4 is 10.8 Å². The Bertz CT molecular complexity index is 543. The molecule has 1 aliphatic rings. The summed E-state index contributed by atoms with van der Waals surface area (Å²) in [6, 6.07) is 6.39. The van der Waals surface area contributed by atoms with E-state index in [4.69, 9.17) is 0 Å². The molecule has 1 fully saturated rings. The fourth-order valence-corrected chi connectivity index (χ4v) is 2.19. The van der Waals surface area contributed by atoms with E-state index in [-0.39, 0.29) is 0 Å². The van der Waals surface area contributed by atoms with Gasteiger partial charge in [-0.2, -0.15) is 0 Å². The van der Waals surface area contributed by atoms with E-state index >= 15 is 0 Å². The van der Waals surface area contributed by atoms with Crippen LogP contribution in [-0.4, -0.2) is 15.7 Å². The van der Waals surface area contributed by atoms with Gasteiger partial charge < -0.3 is 5.11 Å². The number of hydrogen-bond acceptors (Lipinski definition) is 2. The second-order valence-electron chi connectivity index (χ2n) is 4.91. The minimum atomic E-state index is -0.412. The van der Waals surface area contributed by atoms with E-state index in [0.29, 0.717) is 0 Å². The molecule has 16 heavy (non-hydrogen) atoms. The van der Waals surface area contributed by atoms with Crippen molar-refractivity contribution in [1.82, 2.24) is 4.98 Å². The van der Waals surface area contributed by atoms with Crippen LogP contribution in [0.5, 0.6) is 0 Å². The summed E-state index contributed by atoms with van der Waals surface area (Å²) in [6.07, 6.45) is 6.43. The topological polar surface area (TPSA) is 33.1 Å². The molecule has 3 rings (SSSR count). The quantitative estimate of drug-likeness (QED) is 0.831. The van der Waals surface area contributed by atoms with E-state index in [2.05, 4.69) is 30.1 Å². The van der Waals surface area contributed by atoms with E-state index < -0.39 is 5.60 Å². The summed E-state index contributed by atoms with van der Waals surface area (Å²) in [4.78, 5) is 4.20. The molecule has 0 saturated heterocycles. The third-order valence-electron chi connectivity index (χ3n) is 3.38. The van der Waals surface area contributed by atoms with Gasteiger partial charge in [0.1, 0.15) is 0 Å². The molecule has 0 bridgehead atoms. The van der Waals surface area contributed by atoms with Crippen LogP contribution in [-0.2, 0) is 6.42 Å². The van der Waals surface area contributed by atoms with Gasteiger partial charge in [-0.1, -0.05) is 12.1 Å². The summed E-state index contributed by atoms with van der Waals surface area (Å²) >= 11 is 0. The maximum Gasteiger partial charge on any atom is 0.0690 e. The van der Waals surface area contributed by atoms with Crippen LogP contribution in [0.1, 0.15) is 24.0 Å². The molecule has 0 unspecified atom stereocenters. The molecule has 82 valence electrons. The van der Waals surface area contributed by atoms with Crippen LogP contribution in [0, 0.1) is 6.92 Å². The van der Waals surface area contributed by atoms with Crippen LogP contribution in [0.25, 0.3) is 10.8 Å². The zero-order valence-corrected chi connectivity index (χ0v) is 9.40. The van der Waals surface area contributed by atoms with E-state index in [0.717, 1.165) is 19.3 Å². The first kappa shape index (κ1) is 9.79. The van der Waals surface area contributed by atoms with E-state index in [9.17, 15) is 5.11 Å². The smallest absolute Gasteiger partial charge is 0.0690 e. The lowest BCUT2D eigenvalue weighted by atomic mass is 10.0. The summed E-state index contributed by atoms with van der Waals surface area (Å²) in [5.41, 5.74) is 2.00. The van der Waals surface area contributed by atoms with E-state index in [1.165, 1.54) is 21.9 Å². The summed E-state index contributed by atoms with van der Waals surface area (Å²) in [6.45, 7) is 2.07. The van der Waals surface area contributed by atoms with Gasteiger partial charge in [0.2, 0.25) is 0 Å². The van der Waals surface area contributed by atoms with Crippen molar-refractivity contribution in [3.8, 4) is 0 Å². The lowest BCUT2D eigenvalue weighted by Crippen LogP contribution is -2.10. The van der Waals surface area contributed by atoms with Crippen LogP contribution < -0.4 is 0 Å². The number of aromatic nitrogens is 1. The fourth-order valence-electron chi connectivity index (χ4n) is 2.19. The SMILES string of the molecule is Cc1cncc2cc(CC3(O)CC3)ccc12. The molecule has 1 saturated carbocycles. The maximum atomic E-state index is 9.89. The third-order valence-corrected chi connectivity index (χ3v) is 3.38. The van der Waals surface area contributed by atoms with Crippen LogP contribution in [0.3, 0.4) is 0 Å². The Morgan fingerprint density at radius 2 is 2.12 bits per heavy atom. The highest BCUT2D eigenvalue weighted by molar-refractivity contribution is 5.85. The Balaban J connectivity index is 2.02. The Morgan fingerprint density at radius 1 is 1.31 bits per heavy atom. The minimum Gasteiger partial charge on any atom is -0.390 e. The Hall–Kier alpha value is -1.41. The maximum absolute atomic E-state index is 9.89. The van der Waals surface area contributed by atoms with Crippen molar-refractivity contribution in [1.29, 1.82) is 0 Å². The molecule has 1 aromatic carbocycles. The summed E-state index contributed by atoms with van der Waals surface area (Å²) in [7, 11) is 0. The van der Waals surface area contributed by atoms with Crippen LogP contribution >= 0.6 is 0 Å². The molecule has 0 aliphatic heterocycles. The normalized spacial score (nSPS) is 17.6. The second kappa shape index (κ2) is 3.29. The van der Waals surface area contributed by atoms with Crippen molar-refractivity contribution < 1.29 is 5.11 Å². The molecule has 2 aromatic rings. The predicted octanol–water partition coefficient (Wildman–Crippen LogP) is 2.61. The van der Waals surface area contributed by atoms with Gasteiger partial charge in [-0.3, -0.25) is 4.98 Å². The van der Waals surface area contributed by atoms with Gasteiger partial charge in [-0.05, 0) is 42.3 Å². The van der Waals surface area contributed by atoms with Gasteiger partial charge in [0.25, 0.3) is 0 Å². The average molecular weight is 213 g/mol. The highest BCUT2D eigenvalue weighted by Gasteiger charge is 2.40. The Labute approximate surface area is 94.9 Å². The molecule has 2 nitrogen and oxygen atoms in total. The first-order valence-electron chi connectivity index (χ1n) is 5.72. The largest absolute Gasteiger partial charge is 0.390 e. The molecule has 1 aliphatic carbocycles. The highest BCUT2D eigenvalue weighted by Crippen LogP contribution is 2.38. The first-order valence-corrected chi connectivity index (χ1v) is 5.72. The van der Waals surface area contributed by atoms with Gasteiger partial charge in [-0.25, -0.2) is 0 Å². The minimum absolute atomic E-state index is 0.412. The first-order chi connectivity index (χ1) is 7.66. The number of pyridine rings is 1. The standard InChI is InChI=1S/C14H15NO/c1-10-8-15-9-12-6-11(2-3-13(10)12)7-14(16)4-5-14/h2-3,6,8-9,16H,4-5,7H2,1H3. The molecule has 1 aromatic heterocycles.